The third kappa shape index (κ3) is 17.4. The molecule has 6 saturated carbocycles. The van der Waals surface area contributed by atoms with Gasteiger partial charge in [0.2, 0.25) is 0 Å². The molecule has 0 spiro atoms. The summed E-state index contributed by atoms with van der Waals surface area (Å²) in [6.07, 6.45) is 13.3. The molecule has 0 radical (unpaired) electrons. The minimum Gasteiger partial charge on any atom is -0.497 e. The molecular formula is C105H102F12N8O9. The number of benzene rings is 8. The van der Waals surface area contributed by atoms with Crippen molar-refractivity contribution in [3.8, 4) is 5.75 Å². The Labute approximate surface area is 764 Å². The smallest absolute Gasteiger partial charge is 0.328 e. The highest BCUT2D eigenvalue weighted by atomic mass is 19.2. The van der Waals surface area contributed by atoms with Crippen molar-refractivity contribution in [3.63, 3.8) is 0 Å². The number of H-pyrrole nitrogens is 4. The first kappa shape index (κ1) is 93.4. The molecular weight excluding hydrogens is 1750 g/mol. The molecule has 6 fully saturated rings. The summed E-state index contributed by atoms with van der Waals surface area (Å²) in [6.45, 7) is 16.0. The maximum absolute atomic E-state index is 15.6. The number of carboxylic acid groups (broad SMARTS) is 4. The largest absolute Gasteiger partial charge is 0.497 e. The van der Waals surface area contributed by atoms with Crippen LogP contribution in [0.2, 0.25) is 0 Å². The normalized spacial score (nSPS) is 25.4. The van der Waals surface area contributed by atoms with Crippen molar-refractivity contribution in [2.24, 2.45) is 5.41 Å². The van der Waals surface area contributed by atoms with Crippen molar-refractivity contribution < 1.29 is 97.0 Å². The van der Waals surface area contributed by atoms with Crippen molar-refractivity contribution in [1.82, 2.24) is 39.5 Å². The summed E-state index contributed by atoms with van der Waals surface area (Å²) in [5.74, 6) is -10.4. The van der Waals surface area contributed by atoms with Crippen molar-refractivity contribution >= 4 is 91.8 Å². The van der Waals surface area contributed by atoms with Gasteiger partial charge in [0, 0.05) is 182 Å². The summed E-state index contributed by atoms with van der Waals surface area (Å²) in [4.78, 5) is 64.7. The summed E-state index contributed by atoms with van der Waals surface area (Å²) in [5, 5.41) is 39.3. The first-order valence-corrected chi connectivity index (χ1v) is 44.7. The number of aromatic amines is 4. The van der Waals surface area contributed by atoms with E-state index in [0.717, 1.165) is 157 Å². The number of aliphatic carboxylic acids is 4. The highest BCUT2D eigenvalue weighted by Crippen LogP contribution is 2.71. The average molecular weight is 1850 g/mol. The van der Waals surface area contributed by atoms with E-state index in [2.05, 4.69) is 36.7 Å². The summed E-state index contributed by atoms with van der Waals surface area (Å²) >= 11 is 0. The Morgan fingerprint density at radius 2 is 0.769 bits per heavy atom. The number of halogens is 12. The lowest BCUT2D eigenvalue weighted by Gasteiger charge is -2.72. The minimum absolute atomic E-state index is 0.00618. The lowest BCUT2D eigenvalue weighted by atomic mass is 9.42. The van der Waals surface area contributed by atoms with Gasteiger partial charge in [-0.3, -0.25) is 19.6 Å². The number of nitrogens with zero attached hydrogens (tertiary/aromatic N) is 4. The maximum atomic E-state index is 15.6. The SMILES string of the molecule is CC1Cc2c([nH]c3ccccc23)C(C)(c2c(F)cc(/C=C/C(=O)O)cc2F)N1CC(C)(C)F.CC1Cc2c([nH]c3ccccc23)C(c2c(F)cc(/C=C/C(=O)O)cc2F)N1C12CC(F)(C1)C2.CC1Cc2c([nH]c3ccccc23)C(c2c(F)cc(/C=C/C(=O)O)cc2F)N1CC12CC(F)(C1)C2.COc1ccc2[nH]c3c(c2c1)CC(C)N(CC(C)(C)F)C3c1c(F)cc(/C=C/C(=O)O)cc1F. The number of carboxylic acids is 4. The molecule has 4 bridgehead atoms. The molecule has 700 valence electrons. The zero-order valence-corrected chi connectivity index (χ0v) is 75.3. The van der Waals surface area contributed by atoms with E-state index < -0.39 is 122 Å². The van der Waals surface area contributed by atoms with Crippen LogP contribution in [0.1, 0.15) is 209 Å². The first-order chi connectivity index (χ1) is 63.3. The Morgan fingerprint density at radius 1 is 0.425 bits per heavy atom. The average Bonchev–Trinajstić information content (AvgIpc) is 0.905. The van der Waals surface area contributed by atoms with Crippen LogP contribution in [0.3, 0.4) is 0 Å². The summed E-state index contributed by atoms with van der Waals surface area (Å²) in [7, 11) is 1.57. The molecule has 17 nitrogen and oxygen atoms in total. The number of para-hydroxylation sites is 3. The first-order valence-electron chi connectivity index (χ1n) is 44.7. The monoisotopic (exact) mass is 1850 g/mol. The Bertz CT molecular complexity index is 6720. The van der Waals surface area contributed by atoms with Crippen molar-refractivity contribution in [2.75, 3.05) is 26.7 Å². The van der Waals surface area contributed by atoms with Gasteiger partial charge >= 0.3 is 23.9 Å². The second-order valence-electron chi connectivity index (χ2n) is 39.2. The van der Waals surface area contributed by atoms with E-state index in [0.29, 0.717) is 81.5 Å². The molecule has 6 aliphatic carbocycles. The van der Waals surface area contributed by atoms with E-state index in [-0.39, 0.29) is 87.2 Å². The summed E-state index contributed by atoms with van der Waals surface area (Å²) in [5.41, 5.74) is 2.88. The van der Waals surface area contributed by atoms with Crippen LogP contribution >= 0.6 is 0 Å². The number of nitrogens with one attached hydrogen (secondary N) is 4. The minimum atomic E-state index is -1.60. The lowest BCUT2D eigenvalue weighted by Crippen LogP contribution is -2.78. The maximum Gasteiger partial charge on any atom is 0.328 e. The molecule has 134 heavy (non-hydrogen) atoms. The highest BCUT2D eigenvalue weighted by Gasteiger charge is 2.74. The fraction of sp³-hybridized carbons (Fsp3) is 0.352. The topological polar surface area (TPSA) is 235 Å². The Morgan fingerprint density at radius 3 is 1.17 bits per heavy atom. The zero-order valence-electron chi connectivity index (χ0n) is 75.3. The van der Waals surface area contributed by atoms with Crippen LogP contribution in [-0.4, -0.2) is 163 Å². The second-order valence-corrected chi connectivity index (χ2v) is 39.2. The van der Waals surface area contributed by atoms with Crippen LogP contribution < -0.4 is 4.74 Å². The van der Waals surface area contributed by atoms with E-state index in [9.17, 15) is 36.7 Å². The predicted molar refractivity (Wildman–Crippen MR) is 489 cm³/mol. The van der Waals surface area contributed by atoms with Gasteiger partial charge in [0.15, 0.2) is 0 Å². The van der Waals surface area contributed by atoms with E-state index in [1.165, 1.54) is 52.0 Å². The molecule has 10 aliphatic rings. The highest BCUT2D eigenvalue weighted by molar-refractivity contribution is 5.91. The lowest BCUT2D eigenvalue weighted by molar-refractivity contribution is -0.246. The van der Waals surface area contributed by atoms with Gasteiger partial charge in [-0.1, -0.05) is 54.6 Å². The molecule has 8 aromatic carbocycles. The van der Waals surface area contributed by atoms with Crippen LogP contribution in [0.15, 0.2) is 164 Å². The fourth-order valence-electron chi connectivity index (χ4n) is 23.0. The van der Waals surface area contributed by atoms with E-state index in [1.54, 1.807) is 25.0 Å². The van der Waals surface area contributed by atoms with Crippen molar-refractivity contribution in [1.29, 1.82) is 0 Å². The Kier molecular flexibility index (Phi) is 24.2. The number of hydrogen-bond acceptors (Lipinski definition) is 9. The molecule has 22 rings (SSSR count). The van der Waals surface area contributed by atoms with Gasteiger partial charge < -0.3 is 45.1 Å². The van der Waals surface area contributed by atoms with E-state index in [4.69, 9.17) is 25.2 Å². The zero-order chi connectivity index (χ0) is 95.9. The predicted octanol–water partition coefficient (Wildman–Crippen LogP) is 22.7. The Balaban J connectivity index is 0.000000124. The summed E-state index contributed by atoms with van der Waals surface area (Å²) < 4.78 is 188. The quantitative estimate of drug-likeness (QED) is 0.0262. The second kappa shape index (κ2) is 34.8. The Hall–Kier alpha value is -12.4. The molecule has 0 amide bonds. The standard InChI is InChI=1S/C27H25F3N2O2.C26H27F3N2O3.C26H23F3N2O2.C26H27F3N2O2/c1-15-8-18-17-4-2-3-5-21(17)31-24(18)25(32(15)14-26-11-27(30,12-26)13-26)23-19(28)9-16(10-20(23)29)6-7-22(33)34;1-14-9-18-17-12-16(34-4)6-7-21(17)30-24(18)25(31(14)13-26(2,3)29)23-19(27)10-15(11-20(23)28)5-8-22(32)33;1-14-8-17-16-4-2-3-5-20(16)30-23(17)24(31(14)26-11-25(29,12-26)13-26)22-18(27)9-15(10-19(22)28)6-7-21(32)33;1-15-11-18-17-7-5-6-8-21(17)30-24(18)26(4,31(15)14-25(2,3)29)23-19(27)12-16(13-20(23)28)9-10-22(32)33/h2-7,9-10,15,25,31H,8,11-14H2,1H3,(H,33,34);5-8,10-12,14,25,30H,9,13H2,1-4H3,(H,32,33);2-7,9-10,14,24,30H,8,11-13H2,1H3,(H,32,33);5-10,12-13,15,30H,11,14H2,1-4H3,(H,32,33)/b7-6+;8-5+;7-6+;10-9+. The van der Waals surface area contributed by atoms with Gasteiger partial charge in [-0.15, -0.1) is 0 Å². The van der Waals surface area contributed by atoms with Gasteiger partial charge in [0.1, 0.15) is 75.0 Å². The van der Waals surface area contributed by atoms with Crippen molar-refractivity contribution in [3.05, 3.63) is 300 Å². The number of alkyl halides is 4. The molecule has 8 heterocycles. The number of hydrogen-bond donors (Lipinski definition) is 8. The van der Waals surface area contributed by atoms with Gasteiger partial charge in [-0.2, -0.15) is 0 Å². The van der Waals surface area contributed by atoms with E-state index in [1.807, 2.05) is 111 Å². The van der Waals surface area contributed by atoms with Crippen molar-refractivity contribution in [2.45, 2.75) is 203 Å². The summed E-state index contributed by atoms with van der Waals surface area (Å²) in [6, 6.07) is 35.3. The number of carbonyl (C=O) groups is 4. The molecule has 0 saturated heterocycles. The van der Waals surface area contributed by atoms with Crippen LogP contribution in [0.25, 0.3) is 67.9 Å². The van der Waals surface area contributed by atoms with Gasteiger partial charge in [0.25, 0.3) is 0 Å². The molecule has 4 aromatic heterocycles. The fourth-order valence-corrected chi connectivity index (χ4v) is 23.0. The van der Waals surface area contributed by atoms with Crippen LogP contribution in [0, 0.1) is 52.0 Å². The number of aromatic nitrogens is 4. The number of ether oxygens (including phenoxy) is 1. The number of methoxy groups -OCH3 is 1. The van der Waals surface area contributed by atoms with Crippen LogP contribution in [0.5, 0.6) is 5.75 Å². The molecule has 29 heteroatoms. The third-order valence-electron chi connectivity index (χ3n) is 28.1. The molecule has 12 aromatic rings. The van der Waals surface area contributed by atoms with Gasteiger partial charge in [0.05, 0.1) is 30.8 Å². The number of rotatable bonds is 20. The van der Waals surface area contributed by atoms with Crippen LogP contribution in [-0.2, 0) is 50.4 Å². The number of fused-ring (bicyclic) bond motifs is 12. The van der Waals surface area contributed by atoms with Crippen LogP contribution in [0.4, 0.5) is 52.7 Å². The molecule has 4 aliphatic heterocycles. The van der Waals surface area contributed by atoms with Gasteiger partial charge in [-0.05, 0) is 266 Å². The third-order valence-corrected chi connectivity index (χ3v) is 28.1. The molecule has 8 N–H and O–H groups in total. The van der Waals surface area contributed by atoms with Gasteiger partial charge in [-0.25, -0.2) is 71.9 Å². The van der Waals surface area contributed by atoms with E-state index >= 15 is 35.1 Å². The molecule has 8 atom stereocenters. The molecule has 8 unspecified atom stereocenters.